The van der Waals surface area contributed by atoms with Gasteiger partial charge in [0, 0.05) is 17.1 Å². The fourth-order valence-electron chi connectivity index (χ4n) is 2.45. The number of hydrogen-bond acceptors (Lipinski definition) is 4. The van der Waals surface area contributed by atoms with Gasteiger partial charge in [-0.3, -0.25) is 0 Å². The summed E-state index contributed by atoms with van der Waals surface area (Å²) in [7, 11) is 0. The monoisotopic (exact) mass is 340 g/mol. The van der Waals surface area contributed by atoms with E-state index in [9.17, 15) is 0 Å². The third-order valence-electron chi connectivity index (χ3n) is 3.48. The van der Waals surface area contributed by atoms with E-state index in [1.807, 2.05) is 11.4 Å². The molecule has 102 valence electrons. The maximum absolute atomic E-state index is 4.57. The lowest BCUT2D eigenvalue weighted by Crippen LogP contribution is -2.31. The predicted octanol–water partition coefficient (Wildman–Crippen LogP) is 3.33. The molecule has 2 aromatic heterocycles. The van der Waals surface area contributed by atoms with Crippen molar-refractivity contribution in [3.05, 3.63) is 27.0 Å². The van der Waals surface area contributed by atoms with E-state index < -0.39 is 0 Å². The van der Waals surface area contributed by atoms with Gasteiger partial charge in [-0.25, -0.2) is 9.50 Å². The Morgan fingerprint density at radius 1 is 1.53 bits per heavy atom. The first kappa shape index (κ1) is 13.3. The lowest BCUT2D eigenvalue weighted by Gasteiger charge is -2.21. The fourth-order valence-corrected chi connectivity index (χ4v) is 3.88. The average Bonchev–Trinajstić information content (AvgIpc) is 2.84. The van der Waals surface area contributed by atoms with Crippen molar-refractivity contribution in [1.29, 1.82) is 0 Å². The molecule has 4 nitrogen and oxygen atoms in total. The molecule has 1 aliphatic carbocycles. The average molecular weight is 341 g/mol. The topological polar surface area (TPSA) is 42.2 Å². The minimum absolute atomic E-state index is 0.429. The van der Waals surface area contributed by atoms with Crippen LogP contribution in [-0.2, 0) is 6.54 Å². The summed E-state index contributed by atoms with van der Waals surface area (Å²) in [4.78, 5) is 5.56. The van der Waals surface area contributed by atoms with Gasteiger partial charge in [-0.05, 0) is 33.1 Å². The summed E-state index contributed by atoms with van der Waals surface area (Å²) in [5.41, 5.74) is 2.24. The first-order chi connectivity index (χ1) is 9.15. The Balaban J connectivity index is 1.79. The number of fused-ring (bicyclic) bond motifs is 1. The van der Waals surface area contributed by atoms with Gasteiger partial charge in [-0.2, -0.15) is 5.10 Å². The molecule has 1 aliphatic rings. The molecule has 0 radical (unpaired) electrons. The summed E-state index contributed by atoms with van der Waals surface area (Å²) in [6, 6.07) is 0.429. The Morgan fingerprint density at radius 2 is 2.37 bits per heavy atom. The molecule has 0 spiro atoms. The van der Waals surface area contributed by atoms with E-state index >= 15 is 0 Å². The Labute approximate surface area is 125 Å². The second-order valence-corrected chi connectivity index (χ2v) is 6.99. The highest BCUT2D eigenvalue weighted by atomic mass is 79.9. The smallest absolute Gasteiger partial charge is 0.212 e. The van der Waals surface area contributed by atoms with Gasteiger partial charge >= 0.3 is 0 Å². The number of halogens is 1. The van der Waals surface area contributed by atoms with Crippen LogP contribution in [0.3, 0.4) is 0 Å². The molecule has 1 unspecified atom stereocenters. The van der Waals surface area contributed by atoms with Gasteiger partial charge in [0.1, 0.15) is 5.01 Å². The Kier molecular flexibility index (Phi) is 3.73. The number of nitrogens with one attached hydrogen (secondary N) is 1. The second kappa shape index (κ2) is 5.34. The van der Waals surface area contributed by atoms with E-state index in [0.717, 1.165) is 22.2 Å². The number of nitrogens with zero attached hydrogens (tertiary/aromatic N) is 3. The lowest BCUT2D eigenvalue weighted by molar-refractivity contribution is 0.509. The molecule has 0 aromatic carbocycles. The van der Waals surface area contributed by atoms with Crippen LogP contribution in [0, 0.1) is 13.8 Å². The van der Waals surface area contributed by atoms with Crippen LogP contribution < -0.4 is 5.32 Å². The molecular formula is C13H17BrN4S. The molecule has 1 atom stereocenters. The van der Waals surface area contributed by atoms with Crippen LogP contribution in [0.15, 0.2) is 10.6 Å². The van der Waals surface area contributed by atoms with Gasteiger partial charge in [-0.1, -0.05) is 33.3 Å². The maximum atomic E-state index is 4.57. The van der Waals surface area contributed by atoms with Gasteiger partial charge in [-0.15, -0.1) is 0 Å². The molecule has 2 heterocycles. The van der Waals surface area contributed by atoms with Crippen LogP contribution in [0.1, 0.15) is 35.7 Å². The minimum Gasteiger partial charge on any atom is -0.304 e. The van der Waals surface area contributed by atoms with E-state index in [4.69, 9.17) is 0 Å². The summed E-state index contributed by atoms with van der Waals surface area (Å²) >= 11 is 5.30. The van der Waals surface area contributed by atoms with Crippen molar-refractivity contribution in [2.24, 2.45) is 0 Å². The van der Waals surface area contributed by atoms with Crippen molar-refractivity contribution in [2.45, 2.75) is 45.7 Å². The number of aromatic nitrogens is 3. The number of hydrogen-bond donors (Lipinski definition) is 1. The fraction of sp³-hybridized carbons (Fsp3) is 0.538. The highest BCUT2D eigenvalue weighted by Gasteiger charge is 2.18. The van der Waals surface area contributed by atoms with E-state index in [1.165, 1.54) is 29.4 Å². The Morgan fingerprint density at radius 3 is 3.16 bits per heavy atom. The number of allylic oxidation sites excluding steroid dienone is 1. The Bertz CT molecular complexity index is 628. The molecule has 0 saturated heterocycles. The van der Waals surface area contributed by atoms with E-state index in [0.29, 0.717) is 6.04 Å². The lowest BCUT2D eigenvalue weighted by atomic mass is 10.0. The van der Waals surface area contributed by atoms with Crippen molar-refractivity contribution >= 4 is 32.2 Å². The first-order valence-corrected chi connectivity index (χ1v) is 8.16. The van der Waals surface area contributed by atoms with Gasteiger partial charge in [0.2, 0.25) is 4.96 Å². The van der Waals surface area contributed by atoms with Crippen molar-refractivity contribution in [3.8, 4) is 0 Å². The third-order valence-corrected chi connectivity index (χ3v) is 5.18. The maximum Gasteiger partial charge on any atom is 0.212 e. The van der Waals surface area contributed by atoms with E-state index in [-0.39, 0.29) is 0 Å². The van der Waals surface area contributed by atoms with Gasteiger partial charge in [0.05, 0.1) is 11.4 Å². The highest BCUT2D eigenvalue weighted by molar-refractivity contribution is 9.11. The molecular weight excluding hydrogens is 324 g/mol. The normalized spacial score (nSPS) is 19.9. The zero-order valence-corrected chi connectivity index (χ0v) is 13.5. The number of rotatable bonds is 3. The van der Waals surface area contributed by atoms with Crippen molar-refractivity contribution in [2.75, 3.05) is 0 Å². The van der Waals surface area contributed by atoms with Gasteiger partial charge in [0.25, 0.3) is 0 Å². The van der Waals surface area contributed by atoms with Gasteiger partial charge in [0.15, 0.2) is 0 Å². The van der Waals surface area contributed by atoms with Crippen LogP contribution in [0.4, 0.5) is 0 Å². The quantitative estimate of drug-likeness (QED) is 0.931. The predicted molar refractivity (Wildman–Crippen MR) is 81.8 cm³/mol. The highest BCUT2D eigenvalue weighted by Crippen LogP contribution is 2.24. The number of imidazole rings is 1. The molecule has 3 rings (SSSR count). The van der Waals surface area contributed by atoms with Crippen molar-refractivity contribution < 1.29 is 0 Å². The van der Waals surface area contributed by atoms with Gasteiger partial charge < -0.3 is 5.32 Å². The molecule has 6 heteroatoms. The van der Waals surface area contributed by atoms with Crippen LogP contribution in [-0.4, -0.2) is 20.6 Å². The van der Waals surface area contributed by atoms with Crippen molar-refractivity contribution in [1.82, 2.24) is 19.9 Å². The summed E-state index contributed by atoms with van der Waals surface area (Å²) < 4.78 is 3.26. The summed E-state index contributed by atoms with van der Waals surface area (Å²) in [6.07, 6.45) is 5.89. The molecule has 2 aromatic rings. The summed E-state index contributed by atoms with van der Waals surface area (Å²) in [5, 5.41) is 9.19. The molecule has 0 aliphatic heterocycles. The summed E-state index contributed by atoms with van der Waals surface area (Å²) in [6.45, 7) is 4.88. The Hall–Kier alpha value is -0.720. The SMILES string of the molecule is Cc1nn2c(CNC3CCCC=C3Br)c(C)nc2s1. The zero-order chi connectivity index (χ0) is 13.4. The van der Waals surface area contributed by atoms with E-state index in [2.05, 4.69) is 44.3 Å². The van der Waals surface area contributed by atoms with Crippen LogP contribution in [0.2, 0.25) is 0 Å². The molecule has 0 fully saturated rings. The molecule has 0 bridgehead atoms. The van der Waals surface area contributed by atoms with Crippen LogP contribution in [0.5, 0.6) is 0 Å². The molecule has 0 amide bonds. The molecule has 1 N–H and O–H groups in total. The summed E-state index contributed by atoms with van der Waals surface area (Å²) in [5.74, 6) is 0. The van der Waals surface area contributed by atoms with Crippen LogP contribution in [0.25, 0.3) is 4.96 Å². The van der Waals surface area contributed by atoms with E-state index in [1.54, 1.807) is 11.3 Å². The first-order valence-electron chi connectivity index (χ1n) is 6.55. The third kappa shape index (κ3) is 2.61. The van der Waals surface area contributed by atoms with Crippen LogP contribution >= 0.6 is 27.3 Å². The molecule has 19 heavy (non-hydrogen) atoms. The second-order valence-electron chi connectivity index (χ2n) is 4.91. The largest absolute Gasteiger partial charge is 0.304 e. The standard InChI is InChI=1S/C13H17BrN4S/c1-8-12(18-13(16-8)19-9(2)17-18)7-15-11-6-4-3-5-10(11)14/h5,11,15H,3-4,6-7H2,1-2H3. The zero-order valence-electron chi connectivity index (χ0n) is 11.1. The number of aryl methyl sites for hydroxylation is 2. The molecule has 0 saturated carbocycles. The van der Waals surface area contributed by atoms with Crippen molar-refractivity contribution in [3.63, 3.8) is 0 Å². The minimum atomic E-state index is 0.429.